The molecular formula is C23H27ClFN3O5S. The molecule has 1 aliphatic heterocycles. The number of ether oxygens (including phenoxy) is 1. The summed E-state index contributed by atoms with van der Waals surface area (Å²) in [7, 11) is -3.94. The standard InChI is InChI=1S/C23H27ClFN3O5S/c1-16-12-27(13-17-2-5-20(25)6-3-17)8-9-28(16)23(30)14-33-22-7-4-19(24)10-18(22)11-21(29)15-34(26,31)32/h2-7,10,16H,8-9,11-15H2,1H3,(H2,26,31,32)/t16-/m1/s1. The van der Waals surface area contributed by atoms with Crippen molar-refractivity contribution in [2.75, 3.05) is 32.0 Å². The van der Waals surface area contributed by atoms with Crippen LogP contribution in [0, 0.1) is 5.82 Å². The molecule has 1 heterocycles. The lowest BCUT2D eigenvalue weighted by Crippen LogP contribution is -2.54. The van der Waals surface area contributed by atoms with Crippen molar-refractivity contribution < 1.29 is 27.1 Å². The summed E-state index contributed by atoms with van der Waals surface area (Å²) in [6, 6.07) is 10.9. The highest BCUT2D eigenvalue weighted by Gasteiger charge is 2.28. The number of hydrogen-bond acceptors (Lipinski definition) is 6. The van der Waals surface area contributed by atoms with Crippen molar-refractivity contribution >= 4 is 33.3 Å². The lowest BCUT2D eigenvalue weighted by Gasteiger charge is -2.39. The summed E-state index contributed by atoms with van der Waals surface area (Å²) in [6.45, 7) is 4.24. The molecular weight excluding hydrogens is 485 g/mol. The molecule has 2 N–H and O–H groups in total. The van der Waals surface area contributed by atoms with Gasteiger partial charge in [0.15, 0.2) is 12.4 Å². The van der Waals surface area contributed by atoms with Crippen LogP contribution in [0.1, 0.15) is 18.1 Å². The highest BCUT2D eigenvalue weighted by atomic mass is 35.5. The van der Waals surface area contributed by atoms with E-state index in [1.807, 2.05) is 6.92 Å². The average molecular weight is 512 g/mol. The van der Waals surface area contributed by atoms with E-state index in [0.717, 1.165) is 5.56 Å². The van der Waals surface area contributed by atoms with Crippen LogP contribution in [0.4, 0.5) is 4.39 Å². The number of hydrogen-bond donors (Lipinski definition) is 1. The number of sulfonamides is 1. The highest BCUT2D eigenvalue weighted by Crippen LogP contribution is 2.24. The van der Waals surface area contributed by atoms with Crippen molar-refractivity contribution in [3.05, 3.63) is 64.4 Å². The molecule has 1 saturated heterocycles. The smallest absolute Gasteiger partial charge is 0.260 e. The van der Waals surface area contributed by atoms with E-state index in [4.69, 9.17) is 21.5 Å². The second kappa shape index (κ2) is 11.3. The van der Waals surface area contributed by atoms with Crippen molar-refractivity contribution in [3.63, 3.8) is 0 Å². The summed E-state index contributed by atoms with van der Waals surface area (Å²) in [5, 5.41) is 5.29. The molecule has 34 heavy (non-hydrogen) atoms. The normalized spacial score (nSPS) is 16.9. The number of nitrogens with zero attached hydrogens (tertiary/aromatic N) is 2. The van der Waals surface area contributed by atoms with Gasteiger partial charge in [-0.3, -0.25) is 14.5 Å². The zero-order chi connectivity index (χ0) is 24.9. The van der Waals surface area contributed by atoms with Gasteiger partial charge in [0.25, 0.3) is 5.91 Å². The fourth-order valence-corrected chi connectivity index (χ4v) is 4.68. The number of nitrogens with two attached hydrogens (primary N) is 1. The molecule has 0 unspecified atom stereocenters. The summed E-state index contributed by atoms with van der Waals surface area (Å²) in [5.74, 6) is -1.59. The zero-order valence-corrected chi connectivity index (χ0v) is 20.3. The number of primary sulfonamides is 1. The number of piperazine rings is 1. The van der Waals surface area contributed by atoms with Crippen LogP contribution < -0.4 is 9.88 Å². The lowest BCUT2D eigenvalue weighted by molar-refractivity contribution is -0.138. The van der Waals surface area contributed by atoms with Crippen molar-refractivity contribution in [1.82, 2.24) is 9.80 Å². The fourth-order valence-electron chi connectivity index (χ4n) is 3.93. The first-order chi connectivity index (χ1) is 16.0. The minimum atomic E-state index is -3.94. The zero-order valence-electron chi connectivity index (χ0n) is 18.7. The minimum Gasteiger partial charge on any atom is -0.483 e. The number of carbonyl (C=O) groups excluding carboxylic acids is 2. The monoisotopic (exact) mass is 511 g/mol. The second-order valence-electron chi connectivity index (χ2n) is 8.36. The first-order valence-electron chi connectivity index (χ1n) is 10.7. The van der Waals surface area contributed by atoms with E-state index in [1.54, 1.807) is 29.2 Å². The third kappa shape index (κ3) is 7.76. The Labute approximate surface area is 203 Å². The number of benzene rings is 2. The van der Waals surface area contributed by atoms with E-state index >= 15 is 0 Å². The Morgan fingerprint density at radius 3 is 2.53 bits per heavy atom. The van der Waals surface area contributed by atoms with E-state index < -0.39 is 21.6 Å². The maximum atomic E-state index is 13.1. The van der Waals surface area contributed by atoms with Crippen LogP contribution in [-0.2, 0) is 32.6 Å². The maximum Gasteiger partial charge on any atom is 0.260 e. The van der Waals surface area contributed by atoms with Gasteiger partial charge in [0.05, 0.1) is 0 Å². The van der Waals surface area contributed by atoms with Gasteiger partial charge in [-0.2, -0.15) is 0 Å². The van der Waals surface area contributed by atoms with E-state index in [9.17, 15) is 22.4 Å². The number of carbonyl (C=O) groups is 2. The first kappa shape index (κ1) is 26.1. The summed E-state index contributed by atoms with van der Waals surface area (Å²) in [5.41, 5.74) is 1.38. The van der Waals surface area contributed by atoms with E-state index in [1.165, 1.54) is 18.2 Å². The molecule has 0 spiro atoms. The highest BCUT2D eigenvalue weighted by molar-refractivity contribution is 7.89. The Balaban J connectivity index is 1.56. The molecule has 184 valence electrons. The molecule has 3 rings (SSSR count). The van der Waals surface area contributed by atoms with Gasteiger partial charge in [-0.25, -0.2) is 17.9 Å². The van der Waals surface area contributed by atoms with Crippen LogP contribution in [0.2, 0.25) is 5.02 Å². The molecule has 8 nitrogen and oxygen atoms in total. The molecule has 0 aromatic heterocycles. The summed E-state index contributed by atoms with van der Waals surface area (Å²) < 4.78 is 41.2. The minimum absolute atomic E-state index is 0.0497. The molecule has 2 aromatic carbocycles. The largest absolute Gasteiger partial charge is 0.483 e. The first-order valence-corrected chi connectivity index (χ1v) is 12.8. The third-order valence-corrected chi connectivity index (χ3v) is 6.43. The van der Waals surface area contributed by atoms with Crippen molar-refractivity contribution in [3.8, 4) is 5.75 Å². The van der Waals surface area contributed by atoms with Gasteiger partial charge in [-0.1, -0.05) is 23.7 Å². The second-order valence-corrected chi connectivity index (χ2v) is 10.4. The van der Waals surface area contributed by atoms with Gasteiger partial charge in [0.1, 0.15) is 17.3 Å². The lowest BCUT2D eigenvalue weighted by atomic mass is 10.1. The summed E-state index contributed by atoms with van der Waals surface area (Å²) in [4.78, 5) is 28.8. The van der Waals surface area contributed by atoms with Gasteiger partial charge in [-0.15, -0.1) is 0 Å². The van der Waals surface area contributed by atoms with Crippen LogP contribution in [0.15, 0.2) is 42.5 Å². The van der Waals surface area contributed by atoms with Crippen LogP contribution in [0.3, 0.4) is 0 Å². The molecule has 11 heteroatoms. The maximum absolute atomic E-state index is 13.1. The van der Waals surface area contributed by atoms with Gasteiger partial charge >= 0.3 is 0 Å². The van der Waals surface area contributed by atoms with Crippen LogP contribution >= 0.6 is 11.6 Å². The Kier molecular flexibility index (Phi) is 8.64. The quantitative estimate of drug-likeness (QED) is 0.551. The summed E-state index contributed by atoms with van der Waals surface area (Å²) >= 11 is 6.01. The molecule has 0 bridgehead atoms. The SMILES string of the molecule is C[C@@H]1CN(Cc2ccc(F)cc2)CCN1C(=O)COc1ccc(Cl)cc1CC(=O)CS(N)(=O)=O. The number of halogens is 2. The molecule has 0 saturated carbocycles. The Bertz CT molecular complexity index is 1140. The summed E-state index contributed by atoms with van der Waals surface area (Å²) in [6.07, 6.45) is -0.237. The van der Waals surface area contributed by atoms with Crippen LogP contribution in [-0.4, -0.2) is 67.9 Å². The Hall–Kier alpha value is -2.53. The number of ketones is 1. The molecule has 1 atom stereocenters. The van der Waals surface area contributed by atoms with Gasteiger partial charge in [0, 0.05) is 49.2 Å². The van der Waals surface area contributed by atoms with E-state index in [-0.39, 0.29) is 36.5 Å². The third-order valence-electron chi connectivity index (χ3n) is 5.47. The average Bonchev–Trinajstić information content (AvgIpc) is 2.73. The van der Waals surface area contributed by atoms with Gasteiger partial charge in [0.2, 0.25) is 10.0 Å². The molecule has 0 aliphatic carbocycles. The fraction of sp³-hybridized carbons (Fsp3) is 0.391. The number of amides is 1. The van der Waals surface area contributed by atoms with Crippen molar-refractivity contribution in [2.45, 2.75) is 25.9 Å². The number of rotatable bonds is 9. The predicted molar refractivity (Wildman–Crippen MR) is 126 cm³/mol. The van der Waals surface area contributed by atoms with Crippen LogP contribution in [0.5, 0.6) is 5.75 Å². The van der Waals surface area contributed by atoms with Gasteiger partial charge in [-0.05, 0) is 42.8 Å². The van der Waals surface area contributed by atoms with Crippen LogP contribution in [0.25, 0.3) is 0 Å². The van der Waals surface area contributed by atoms with Gasteiger partial charge < -0.3 is 9.64 Å². The van der Waals surface area contributed by atoms with Crippen molar-refractivity contribution in [1.29, 1.82) is 0 Å². The molecule has 1 aliphatic rings. The Morgan fingerprint density at radius 1 is 1.18 bits per heavy atom. The molecule has 1 fully saturated rings. The van der Waals surface area contributed by atoms with E-state index in [0.29, 0.717) is 36.8 Å². The van der Waals surface area contributed by atoms with E-state index in [2.05, 4.69) is 4.90 Å². The molecule has 2 aromatic rings. The number of Topliss-reactive ketones (excluding diaryl/α,β-unsaturated/α-hetero) is 1. The topological polar surface area (TPSA) is 110 Å². The van der Waals surface area contributed by atoms with Crippen molar-refractivity contribution in [2.24, 2.45) is 5.14 Å². The Morgan fingerprint density at radius 2 is 1.88 bits per heavy atom. The predicted octanol–water partition coefficient (Wildman–Crippen LogP) is 1.99. The molecule has 1 amide bonds. The molecule has 0 radical (unpaired) electrons.